The molecule has 0 amide bonds. The van der Waals surface area contributed by atoms with Crippen LogP contribution < -0.4 is 5.32 Å². The largest absolute Gasteiger partial charge is 0.313 e. The van der Waals surface area contributed by atoms with Gasteiger partial charge in [-0.3, -0.25) is 4.68 Å². The van der Waals surface area contributed by atoms with E-state index < -0.39 is 0 Å². The van der Waals surface area contributed by atoms with Crippen LogP contribution in [0.15, 0.2) is 22.7 Å². The van der Waals surface area contributed by atoms with Gasteiger partial charge in [0.2, 0.25) is 0 Å². The number of rotatable bonds is 4. The molecule has 1 aromatic heterocycles. The van der Waals surface area contributed by atoms with Crippen LogP contribution in [0.3, 0.4) is 0 Å². The summed E-state index contributed by atoms with van der Waals surface area (Å²) in [6.45, 7) is 4.09. The van der Waals surface area contributed by atoms with Gasteiger partial charge in [-0.1, -0.05) is 22.0 Å². The number of aryl methyl sites for hydroxylation is 2. The van der Waals surface area contributed by atoms with E-state index in [1.165, 1.54) is 17.7 Å². The fraction of sp³-hybridized carbons (Fsp3) is 0.400. The fourth-order valence-electron chi connectivity index (χ4n) is 2.55. The molecule has 0 aliphatic heterocycles. The number of nitrogens with zero attached hydrogens (tertiary/aromatic N) is 2. The zero-order valence-electron chi connectivity index (χ0n) is 12.2. The maximum atomic E-state index is 13.2. The third-order valence-electron chi connectivity index (χ3n) is 3.70. The van der Waals surface area contributed by atoms with Crippen molar-refractivity contribution in [2.75, 3.05) is 7.05 Å². The van der Waals surface area contributed by atoms with Gasteiger partial charge in [-0.15, -0.1) is 0 Å². The van der Waals surface area contributed by atoms with Gasteiger partial charge in [0.25, 0.3) is 0 Å². The Labute approximate surface area is 127 Å². The third-order valence-corrected chi connectivity index (χ3v) is 4.44. The molecule has 1 heterocycles. The van der Waals surface area contributed by atoms with Gasteiger partial charge in [0.1, 0.15) is 5.82 Å². The second-order valence-corrected chi connectivity index (χ2v) is 5.84. The molecule has 0 fully saturated rings. The molecule has 20 heavy (non-hydrogen) atoms. The first-order valence-corrected chi connectivity index (χ1v) is 7.34. The molecule has 1 unspecified atom stereocenters. The van der Waals surface area contributed by atoms with Crippen molar-refractivity contribution in [3.8, 4) is 0 Å². The highest BCUT2D eigenvalue weighted by Crippen LogP contribution is 2.27. The van der Waals surface area contributed by atoms with E-state index in [0.29, 0.717) is 0 Å². The van der Waals surface area contributed by atoms with Crippen molar-refractivity contribution in [2.24, 2.45) is 7.05 Å². The number of likely N-dealkylation sites (N-methyl/N-ethyl adjacent to an activating group) is 1. The van der Waals surface area contributed by atoms with Crippen LogP contribution in [0.25, 0.3) is 0 Å². The van der Waals surface area contributed by atoms with E-state index >= 15 is 0 Å². The first-order valence-electron chi connectivity index (χ1n) is 6.55. The van der Waals surface area contributed by atoms with Crippen LogP contribution >= 0.6 is 15.9 Å². The molecule has 0 spiro atoms. The zero-order chi connectivity index (χ0) is 14.9. The van der Waals surface area contributed by atoms with E-state index in [-0.39, 0.29) is 11.9 Å². The number of nitrogens with one attached hydrogen (secondary N) is 1. The van der Waals surface area contributed by atoms with E-state index in [4.69, 9.17) is 0 Å². The standard InChI is InChI=1S/C15H19BrFN3/c1-9-15(10(2)20(4)19-9)14(18-3)7-11-5-6-12(17)8-13(11)16/h5-6,8,14,18H,7H2,1-4H3. The Balaban J connectivity index is 2.33. The van der Waals surface area contributed by atoms with Crippen LogP contribution in [-0.4, -0.2) is 16.8 Å². The quantitative estimate of drug-likeness (QED) is 0.924. The predicted molar refractivity (Wildman–Crippen MR) is 82.3 cm³/mol. The summed E-state index contributed by atoms with van der Waals surface area (Å²) in [4.78, 5) is 0. The lowest BCUT2D eigenvalue weighted by atomic mass is 9.97. The first-order chi connectivity index (χ1) is 9.43. The maximum Gasteiger partial charge on any atom is 0.124 e. The van der Waals surface area contributed by atoms with Crippen molar-refractivity contribution in [1.29, 1.82) is 0 Å². The number of benzene rings is 1. The number of aromatic nitrogens is 2. The molecule has 3 nitrogen and oxygen atoms in total. The predicted octanol–water partition coefficient (Wildman–Crippen LogP) is 3.44. The molecule has 0 bridgehead atoms. The topological polar surface area (TPSA) is 29.9 Å². The third kappa shape index (κ3) is 2.94. The summed E-state index contributed by atoms with van der Waals surface area (Å²) < 4.78 is 15.9. The minimum Gasteiger partial charge on any atom is -0.313 e. The molecule has 0 aliphatic rings. The van der Waals surface area contributed by atoms with E-state index in [0.717, 1.165) is 27.8 Å². The van der Waals surface area contributed by atoms with Crippen LogP contribution in [0.5, 0.6) is 0 Å². The number of halogens is 2. The summed E-state index contributed by atoms with van der Waals surface area (Å²) in [7, 11) is 3.89. The second-order valence-electron chi connectivity index (χ2n) is 4.99. The Hall–Kier alpha value is -1.20. The molecular formula is C15H19BrFN3. The van der Waals surface area contributed by atoms with Gasteiger partial charge in [0.15, 0.2) is 0 Å². The van der Waals surface area contributed by atoms with Crippen LogP contribution in [0.2, 0.25) is 0 Å². The monoisotopic (exact) mass is 339 g/mol. The van der Waals surface area contributed by atoms with Crippen molar-refractivity contribution in [3.05, 3.63) is 51.0 Å². The molecule has 108 valence electrons. The number of hydrogen-bond acceptors (Lipinski definition) is 2. The van der Waals surface area contributed by atoms with Crippen LogP contribution in [-0.2, 0) is 13.5 Å². The zero-order valence-corrected chi connectivity index (χ0v) is 13.8. The molecule has 0 saturated heterocycles. The summed E-state index contributed by atoms with van der Waals surface area (Å²) in [6, 6.07) is 4.98. The average Bonchev–Trinajstić information content (AvgIpc) is 2.63. The Morgan fingerprint density at radius 3 is 2.60 bits per heavy atom. The highest BCUT2D eigenvalue weighted by atomic mass is 79.9. The molecule has 0 saturated carbocycles. The highest BCUT2D eigenvalue weighted by molar-refractivity contribution is 9.10. The minimum absolute atomic E-state index is 0.158. The van der Waals surface area contributed by atoms with Gasteiger partial charge in [-0.05, 0) is 45.0 Å². The fourth-order valence-corrected chi connectivity index (χ4v) is 3.06. The van der Waals surface area contributed by atoms with Gasteiger partial charge in [-0.2, -0.15) is 5.10 Å². The maximum absolute atomic E-state index is 13.2. The van der Waals surface area contributed by atoms with Crippen molar-refractivity contribution >= 4 is 15.9 Å². The van der Waals surface area contributed by atoms with Gasteiger partial charge in [0.05, 0.1) is 5.69 Å². The molecule has 0 aliphatic carbocycles. The lowest BCUT2D eigenvalue weighted by molar-refractivity contribution is 0.580. The van der Waals surface area contributed by atoms with Gasteiger partial charge in [-0.25, -0.2) is 4.39 Å². The lowest BCUT2D eigenvalue weighted by Crippen LogP contribution is -2.20. The Bertz CT molecular complexity index is 622. The first kappa shape index (κ1) is 15.2. The van der Waals surface area contributed by atoms with E-state index in [2.05, 4.69) is 33.3 Å². The Morgan fingerprint density at radius 1 is 1.40 bits per heavy atom. The molecule has 1 N–H and O–H groups in total. The average molecular weight is 340 g/mol. The Kier molecular flexibility index (Phi) is 4.60. The second kappa shape index (κ2) is 6.06. The summed E-state index contributed by atoms with van der Waals surface area (Å²) in [5.74, 6) is -0.227. The molecule has 0 radical (unpaired) electrons. The molecule has 1 aromatic carbocycles. The minimum atomic E-state index is -0.227. The Morgan fingerprint density at radius 2 is 2.10 bits per heavy atom. The van der Waals surface area contributed by atoms with Crippen LogP contribution in [0.1, 0.15) is 28.6 Å². The SMILES string of the molecule is CNC(Cc1ccc(F)cc1Br)c1c(C)nn(C)c1C. The molecule has 2 aromatic rings. The summed E-state index contributed by atoms with van der Waals surface area (Å²) >= 11 is 3.43. The van der Waals surface area contributed by atoms with Gasteiger partial charge < -0.3 is 5.32 Å². The van der Waals surface area contributed by atoms with Crippen molar-refractivity contribution < 1.29 is 4.39 Å². The normalized spacial score (nSPS) is 12.7. The number of hydrogen-bond donors (Lipinski definition) is 1. The smallest absolute Gasteiger partial charge is 0.124 e. The van der Waals surface area contributed by atoms with Crippen LogP contribution in [0, 0.1) is 19.7 Å². The van der Waals surface area contributed by atoms with Gasteiger partial charge >= 0.3 is 0 Å². The van der Waals surface area contributed by atoms with E-state index in [1.54, 1.807) is 0 Å². The van der Waals surface area contributed by atoms with Crippen molar-refractivity contribution in [2.45, 2.75) is 26.3 Å². The van der Waals surface area contributed by atoms with Crippen molar-refractivity contribution in [1.82, 2.24) is 15.1 Å². The highest BCUT2D eigenvalue weighted by Gasteiger charge is 2.20. The summed E-state index contributed by atoms with van der Waals surface area (Å²) in [6.07, 6.45) is 0.782. The molecule has 1 atom stereocenters. The lowest BCUT2D eigenvalue weighted by Gasteiger charge is -2.18. The van der Waals surface area contributed by atoms with Crippen LogP contribution in [0.4, 0.5) is 4.39 Å². The van der Waals surface area contributed by atoms with Gasteiger partial charge in [0, 0.05) is 28.8 Å². The molecule has 5 heteroatoms. The summed E-state index contributed by atoms with van der Waals surface area (Å²) in [5, 5.41) is 7.80. The van der Waals surface area contributed by atoms with Crippen molar-refractivity contribution in [3.63, 3.8) is 0 Å². The summed E-state index contributed by atoms with van der Waals surface area (Å²) in [5.41, 5.74) is 4.47. The van der Waals surface area contributed by atoms with E-state index in [9.17, 15) is 4.39 Å². The molecular weight excluding hydrogens is 321 g/mol. The molecule has 2 rings (SSSR count). The van der Waals surface area contributed by atoms with E-state index in [1.807, 2.05) is 31.8 Å².